The number of aryl methyl sites for hydroxylation is 2. The van der Waals surface area contributed by atoms with Gasteiger partial charge in [0.15, 0.2) is 0 Å². The van der Waals surface area contributed by atoms with Crippen LogP contribution in [0.5, 0.6) is 5.75 Å². The summed E-state index contributed by atoms with van der Waals surface area (Å²) in [7, 11) is 0. The van der Waals surface area contributed by atoms with Gasteiger partial charge in [0.25, 0.3) is 11.2 Å². The summed E-state index contributed by atoms with van der Waals surface area (Å²) in [6.07, 6.45) is 1.33. The summed E-state index contributed by atoms with van der Waals surface area (Å²) >= 11 is 0. The zero-order chi connectivity index (χ0) is 18.8. The van der Waals surface area contributed by atoms with Crippen molar-refractivity contribution in [2.75, 3.05) is 0 Å². The summed E-state index contributed by atoms with van der Waals surface area (Å²) < 4.78 is 1.41. The van der Waals surface area contributed by atoms with Crippen LogP contribution < -0.4 is 5.56 Å². The molecule has 1 heterocycles. The Morgan fingerprint density at radius 2 is 1.88 bits per heavy atom. The van der Waals surface area contributed by atoms with E-state index in [0.717, 1.165) is 11.6 Å². The van der Waals surface area contributed by atoms with Crippen LogP contribution in [0.2, 0.25) is 0 Å². The van der Waals surface area contributed by atoms with Gasteiger partial charge in [0, 0.05) is 18.0 Å². The Morgan fingerprint density at radius 3 is 2.50 bits per heavy atom. The van der Waals surface area contributed by atoms with Gasteiger partial charge in [0.1, 0.15) is 11.4 Å². The Kier molecular flexibility index (Phi) is 4.40. The number of aromatic nitrogens is 2. The second kappa shape index (κ2) is 6.67. The van der Waals surface area contributed by atoms with Crippen molar-refractivity contribution >= 4 is 17.6 Å². The first kappa shape index (κ1) is 17.2. The molecule has 0 radical (unpaired) electrons. The van der Waals surface area contributed by atoms with Gasteiger partial charge >= 0.3 is 0 Å². The van der Waals surface area contributed by atoms with Crippen molar-refractivity contribution in [1.82, 2.24) is 9.78 Å². The lowest BCUT2D eigenvalue weighted by Crippen LogP contribution is -2.17. The minimum Gasteiger partial charge on any atom is -0.505 e. The number of H-pyrrole nitrogens is 1. The third kappa shape index (κ3) is 3.25. The van der Waals surface area contributed by atoms with Crippen LogP contribution in [0.15, 0.2) is 52.3 Å². The van der Waals surface area contributed by atoms with E-state index in [9.17, 15) is 20.0 Å². The highest BCUT2D eigenvalue weighted by molar-refractivity contribution is 5.83. The first-order valence-corrected chi connectivity index (χ1v) is 7.77. The summed E-state index contributed by atoms with van der Waals surface area (Å²) in [4.78, 5) is 26.8. The molecule has 0 aliphatic heterocycles. The van der Waals surface area contributed by atoms with Gasteiger partial charge in [-0.05, 0) is 32.0 Å². The van der Waals surface area contributed by atoms with Crippen molar-refractivity contribution in [3.63, 3.8) is 0 Å². The number of nitrogens with one attached hydrogen (secondary N) is 1. The molecule has 8 nitrogen and oxygen atoms in total. The SMILES string of the molecule is Cc1ccc(-n2[nH]c(C)c(C=Nc3ccc([N+](=O)[O-])cc3O)c2=O)cc1. The summed E-state index contributed by atoms with van der Waals surface area (Å²) in [6, 6.07) is 11.0. The van der Waals surface area contributed by atoms with Crippen LogP contribution in [0.1, 0.15) is 16.8 Å². The highest BCUT2D eigenvalue weighted by Crippen LogP contribution is 2.30. The van der Waals surface area contributed by atoms with Crippen molar-refractivity contribution in [1.29, 1.82) is 0 Å². The predicted octanol–water partition coefficient (Wildman–Crippen LogP) is 3.15. The van der Waals surface area contributed by atoms with E-state index < -0.39 is 4.92 Å². The monoisotopic (exact) mass is 352 g/mol. The van der Waals surface area contributed by atoms with Gasteiger partial charge in [-0.2, -0.15) is 0 Å². The van der Waals surface area contributed by atoms with E-state index in [1.54, 1.807) is 6.92 Å². The van der Waals surface area contributed by atoms with E-state index in [0.29, 0.717) is 16.9 Å². The molecule has 0 aliphatic carbocycles. The molecule has 0 bridgehead atoms. The number of aliphatic imine (C=N–C) groups is 1. The molecule has 0 aliphatic rings. The molecule has 26 heavy (non-hydrogen) atoms. The van der Waals surface area contributed by atoms with Crippen LogP contribution >= 0.6 is 0 Å². The number of rotatable bonds is 4. The predicted molar refractivity (Wildman–Crippen MR) is 97.9 cm³/mol. The molecule has 0 spiro atoms. The van der Waals surface area contributed by atoms with E-state index in [1.165, 1.54) is 23.0 Å². The highest BCUT2D eigenvalue weighted by Gasteiger charge is 2.12. The van der Waals surface area contributed by atoms with Gasteiger partial charge in [-0.15, -0.1) is 0 Å². The number of nitro groups is 1. The van der Waals surface area contributed by atoms with Crippen molar-refractivity contribution in [3.8, 4) is 11.4 Å². The maximum atomic E-state index is 12.6. The average molecular weight is 352 g/mol. The summed E-state index contributed by atoms with van der Waals surface area (Å²) in [5, 5.41) is 23.5. The number of aromatic hydroxyl groups is 1. The van der Waals surface area contributed by atoms with Crippen LogP contribution in [0.4, 0.5) is 11.4 Å². The first-order valence-electron chi connectivity index (χ1n) is 7.77. The van der Waals surface area contributed by atoms with Crippen LogP contribution in [0, 0.1) is 24.0 Å². The fourth-order valence-electron chi connectivity index (χ4n) is 2.46. The van der Waals surface area contributed by atoms with Crippen LogP contribution in [0.3, 0.4) is 0 Å². The minimum atomic E-state index is -0.607. The number of phenols is 1. The molecule has 0 saturated carbocycles. The molecule has 0 fully saturated rings. The number of nitro benzene ring substituents is 1. The summed E-state index contributed by atoms with van der Waals surface area (Å²) in [6.45, 7) is 3.70. The van der Waals surface area contributed by atoms with Gasteiger partial charge < -0.3 is 5.11 Å². The molecule has 3 aromatic rings. The van der Waals surface area contributed by atoms with Gasteiger partial charge in [0.2, 0.25) is 0 Å². The third-order valence-corrected chi connectivity index (χ3v) is 3.91. The van der Waals surface area contributed by atoms with Crippen molar-refractivity contribution in [2.24, 2.45) is 4.99 Å². The van der Waals surface area contributed by atoms with Crippen LogP contribution in [0.25, 0.3) is 5.69 Å². The van der Waals surface area contributed by atoms with Crippen LogP contribution in [-0.2, 0) is 0 Å². The lowest BCUT2D eigenvalue weighted by Gasteiger charge is -2.01. The topological polar surface area (TPSA) is 114 Å². The van der Waals surface area contributed by atoms with Gasteiger partial charge in [-0.1, -0.05) is 17.7 Å². The number of aromatic amines is 1. The largest absolute Gasteiger partial charge is 0.505 e. The zero-order valence-corrected chi connectivity index (χ0v) is 14.1. The van der Waals surface area contributed by atoms with E-state index in [4.69, 9.17) is 0 Å². The number of benzene rings is 2. The number of hydrogen-bond donors (Lipinski definition) is 2. The van der Waals surface area contributed by atoms with Gasteiger partial charge in [-0.3, -0.25) is 25.0 Å². The molecule has 0 saturated heterocycles. The average Bonchev–Trinajstić information content (AvgIpc) is 2.89. The second-order valence-corrected chi connectivity index (χ2v) is 5.81. The Morgan fingerprint density at radius 1 is 1.19 bits per heavy atom. The summed E-state index contributed by atoms with van der Waals surface area (Å²) in [5.41, 5.74) is 2.35. The van der Waals surface area contributed by atoms with E-state index in [2.05, 4.69) is 10.1 Å². The molecular weight excluding hydrogens is 336 g/mol. The van der Waals surface area contributed by atoms with Crippen LogP contribution in [-0.4, -0.2) is 26.0 Å². The minimum absolute atomic E-state index is 0.137. The number of nitrogens with zero attached hydrogens (tertiary/aromatic N) is 3. The molecule has 0 amide bonds. The maximum Gasteiger partial charge on any atom is 0.280 e. The molecule has 132 valence electrons. The van der Waals surface area contributed by atoms with Gasteiger partial charge in [-0.25, -0.2) is 4.68 Å². The van der Waals surface area contributed by atoms with Crippen molar-refractivity contribution in [2.45, 2.75) is 13.8 Å². The molecule has 1 aromatic heterocycles. The van der Waals surface area contributed by atoms with Crippen molar-refractivity contribution < 1.29 is 10.0 Å². The molecule has 0 unspecified atom stereocenters. The van der Waals surface area contributed by atoms with E-state index in [1.807, 2.05) is 31.2 Å². The lowest BCUT2D eigenvalue weighted by molar-refractivity contribution is -0.384. The number of hydrogen-bond acceptors (Lipinski definition) is 5. The van der Waals surface area contributed by atoms with E-state index >= 15 is 0 Å². The third-order valence-electron chi connectivity index (χ3n) is 3.91. The lowest BCUT2D eigenvalue weighted by atomic mass is 10.2. The molecular formula is C18H16N4O4. The molecule has 8 heteroatoms. The zero-order valence-electron chi connectivity index (χ0n) is 14.1. The molecule has 3 rings (SSSR count). The van der Waals surface area contributed by atoms with Gasteiger partial charge in [0.05, 0.1) is 22.2 Å². The van der Waals surface area contributed by atoms with E-state index in [-0.39, 0.29) is 22.7 Å². The Balaban J connectivity index is 1.96. The Hall–Kier alpha value is -3.68. The number of non-ortho nitro benzene ring substituents is 1. The summed E-state index contributed by atoms with van der Waals surface area (Å²) in [5.74, 6) is -0.331. The smallest absolute Gasteiger partial charge is 0.280 e. The maximum absolute atomic E-state index is 12.6. The quantitative estimate of drug-likeness (QED) is 0.426. The van der Waals surface area contributed by atoms with Crippen molar-refractivity contribution in [3.05, 3.63) is 79.8 Å². The number of phenolic OH excluding ortho intramolecular Hbond substituents is 1. The molecule has 2 N–H and O–H groups in total. The fourth-order valence-corrected chi connectivity index (χ4v) is 2.46. The molecule has 0 atom stereocenters. The molecule has 2 aromatic carbocycles. The Labute approximate surface area is 148 Å². The second-order valence-electron chi connectivity index (χ2n) is 5.81. The normalized spacial score (nSPS) is 11.2. The fraction of sp³-hybridized carbons (Fsp3) is 0.111. The standard InChI is InChI=1S/C18H16N4O4/c1-11-3-5-13(6-4-11)21-18(24)15(12(2)20-21)10-19-16-8-7-14(22(25)26)9-17(16)23/h3-10,20,23H,1-2H3. The highest BCUT2D eigenvalue weighted by atomic mass is 16.6. The first-order chi connectivity index (χ1) is 12.4. The Bertz CT molecular complexity index is 1060.